The Morgan fingerprint density at radius 2 is 2.29 bits per heavy atom. The van der Waals surface area contributed by atoms with Crippen molar-refractivity contribution >= 4 is 0 Å². The average molecular weight is 193 g/mol. The minimum atomic E-state index is 0.532. The van der Waals surface area contributed by atoms with Crippen LogP contribution in [0.4, 0.5) is 0 Å². The smallest absolute Gasteiger partial charge is 0.0286 e. The minimum Gasteiger partial charge on any atom is -0.313 e. The summed E-state index contributed by atoms with van der Waals surface area (Å²) in [6.07, 6.45) is 11.3. The van der Waals surface area contributed by atoms with Crippen LogP contribution in [0.3, 0.4) is 0 Å². The first-order valence-corrected chi connectivity index (χ1v) is 5.72. The number of likely N-dealkylation sites (N-methyl/N-ethyl adjacent to an activating group) is 1. The third-order valence-corrected chi connectivity index (χ3v) is 2.77. The molecule has 0 saturated carbocycles. The standard InChI is InChI=1S/C13H23N/c1-11(2)9-13(14-3)10-12-7-5-4-6-8-12/h7,9,13-14H,4-6,8,10H2,1-3H3. The topological polar surface area (TPSA) is 12.0 Å². The molecule has 14 heavy (non-hydrogen) atoms. The summed E-state index contributed by atoms with van der Waals surface area (Å²) in [4.78, 5) is 0. The van der Waals surface area contributed by atoms with E-state index in [1.54, 1.807) is 5.57 Å². The van der Waals surface area contributed by atoms with Crippen molar-refractivity contribution in [2.45, 2.75) is 52.0 Å². The highest BCUT2D eigenvalue weighted by Gasteiger charge is 2.08. The number of allylic oxidation sites excluding steroid dienone is 2. The Bertz CT molecular complexity index is 221. The summed E-state index contributed by atoms with van der Waals surface area (Å²) < 4.78 is 0. The molecule has 0 heterocycles. The predicted molar refractivity (Wildman–Crippen MR) is 63.4 cm³/mol. The first-order valence-electron chi connectivity index (χ1n) is 5.72. The number of hydrogen-bond donors (Lipinski definition) is 1. The normalized spacial score (nSPS) is 18.6. The molecule has 0 bridgehead atoms. The Morgan fingerprint density at radius 3 is 2.79 bits per heavy atom. The fourth-order valence-electron chi connectivity index (χ4n) is 2.02. The van der Waals surface area contributed by atoms with Gasteiger partial charge in [0.15, 0.2) is 0 Å². The average Bonchev–Trinajstić information content (AvgIpc) is 2.17. The van der Waals surface area contributed by atoms with E-state index in [-0.39, 0.29) is 0 Å². The lowest BCUT2D eigenvalue weighted by Crippen LogP contribution is -2.23. The van der Waals surface area contributed by atoms with Gasteiger partial charge in [-0.05, 0) is 53.0 Å². The maximum Gasteiger partial charge on any atom is 0.0286 e. The molecule has 0 aromatic carbocycles. The molecular formula is C13H23N. The van der Waals surface area contributed by atoms with Gasteiger partial charge in [-0.3, -0.25) is 0 Å². The van der Waals surface area contributed by atoms with Gasteiger partial charge < -0.3 is 5.32 Å². The fourth-order valence-corrected chi connectivity index (χ4v) is 2.02. The molecule has 1 nitrogen and oxygen atoms in total. The zero-order valence-electron chi connectivity index (χ0n) is 9.77. The number of rotatable bonds is 4. The second-order valence-electron chi connectivity index (χ2n) is 4.45. The molecule has 0 fully saturated rings. The van der Waals surface area contributed by atoms with Crippen molar-refractivity contribution < 1.29 is 0 Å². The van der Waals surface area contributed by atoms with E-state index in [4.69, 9.17) is 0 Å². The molecule has 0 amide bonds. The molecule has 0 radical (unpaired) electrons. The zero-order valence-corrected chi connectivity index (χ0v) is 9.77. The van der Waals surface area contributed by atoms with Crippen LogP contribution in [0.2, 0.25) is 0 Å². The van der Waals surface area contributed by atoms with Gasteiger partial charge in [0.2, 0.25) is 0 Å². The Hall–Kier alpha value is -0.560. The van der Waals surface area contributed by atoms with E-state index in [1.165, 1.54) is 37.7 Å². The summed E-state index contributed by atoms with van der Waals surface area (Å²) in [6, 6.07) is 0.532. The first kappa shape index (κ1) is 11.5. The van der Waals surface area contributed by atoms with E-state index in [1.807, 2.05) is 7.05 Å². The molecule has 80 valence electrons. The molecule has 1 N–H and O–H groups in total. The van der Waals surface area contributed by atoms with E-state index < -0.39 is 0 Å². The van der Waals surface area contributed by atoms with Crippen molar-refractivity contribution in [1.29, 1.82) is 0 Å². The monoisotopic (exact) mass is 193 g/mol. The Morgan fingerprint density at radius 1 is 1.50 bits per heavy atom. The lowest BCUT2D eigenvalue weighted by molar-refractivity contribution is 0.606. The fraction of sp³-hybridized carbons (Fsp3) is 0.692. The van der Waals surface area contributed by atoms with Crippen LogP contribution in [-0.4, -0.2) is 13.1 Å². The minimum absolute atomic E-state index is 0.532. The van der Waals surface area contributed by atoms with Crippen LogP contribution < -0.4 is 5.32 Å². The maximum absolute atomic E-state index is 3.36. The summed E-state index contributed by atoms with van der Waals surface area (Å²) >= 11 is 0. The molecule has 1 atom stereocenters. The van der Waals surface area contributed by atoms with Gasteiger partial charge in [-0.25, -0.2) is 0 Å². The molecule has 0 aromatic rings. The first-order chi connectivity index (χ1) is 6.72. The lowest BCUT2D eigenvalue weighted by Gasteiger charge is -2.18. The van der Waals surface area contributed by atoms with Crippen molar-refractivity contribution in [3.63, 3.8) is 0 Å². The Labute approximate surface area is 88.3 Å². The Kier molecular flexibility index (Phi) is 4.95. The van der Waals surface area contributed by atoms with Gasteiger partial charge in [-0.1, -0.05) is 23.3 Å². The summed E-state index contributed by atoms with van der Waals surface area (Å²) in [5, 5.41) is 3.36. The second kappa shape index (κ2) is 6.02. The molecule has 0 aliphatic heterocycles. The van der Waals surface area contributed by atoms with E-state index in [9.17, 15) is 0 Å². The third-order valence-electron chi connectivity index (χ3n) is 2.77. The highest BCUT2D eigenvalue weighted by atomic mass is 14.9. The SMILES string of the molecule is CNC(C=C(C)C)CC1=CCCCC1. The van der Waals surface area contributed by atoms with Crippen LogP contribution in [0, 0.1) is 0 Å². The molecule has 0 saturated heterocycles. The van der Waals surface area contributed by atoms with Crippen molar-refractivity contribution in [2.24, 2.45) is 0 Å². The Balaban J connectivity index is 2.47. The van der Waals surface area contributed by atoms with Gasteiger partial charge in [-0.15, -0.1) is 0 Å². The molecule has 1 rings (SSSR count). The van der Waals surface area contributed by atoms with Gasteiger partial charge >= 0.3 is 0 Å². The van der Waals surface area contributed by atoms with Gasteiger partial charge in [-0.2, -0.15) is 0 Å². The molecule has 1 unspecified atom stereocenters. The third kappa shape index (κ3) is 4.10. The van der Waals surface area contributed by atoms with Crippen molar-refractivity contribution in [1.82, 2.24) is 5.32 Å². The largest absolute Gasteiger partial charge is 0.313 e. The van der Waals surface area contributed by atoms with Crippen LogP contribution in [0.15, 0.2) is 23.3 Å². The summed E-state index contributed by atoms with van der Waals surface area (Å²) in [5.74, 6) is 0. The van der Waals surface area contributed by atoms with Gasteiger partial charge in [0, 0.05) is 6.04 Å². The highest BCUT2D eigenvalue weighted by molar-refractivity contribution is 5.12. The number of nitrogens with one attached hydrogen (secondary N) is 1. The highest BCUT2D eigenvalue weighted by Crippen LogP contribution is 2.21. The molecular weight excluding hydrogens is 170 g/mol. The van der Waals surface area contributed by atoms with Crippen LogP contribution in [0.1, 0.15) is 46.0 Å². The van der Waals surface area contributed by atoms with Crippen LogP contribution >= 0.6 is 0 Å². The van der Waals surface area contributed by atoms with E-state index >= 15 is 0 Å². The summed E-state index contributed by atoms with van der Waals surface area (Å²) in [7, 11) is 2.05. The molecule has 1 aliphatic carbocycles. The van der Waals surface area contributed by atoms with Gasteiger partial charge in [0.25, 0.3) is 0 Å². The summed E-state index contributed by atoms with van der Waals surface area (Å²) in [5.41, 5.74) is 3.05. The zero-order chi connectivity index (χ0) is 10.4. The van der Waals surface area contributed by atoms with E-state index in [2.05, 4.69) is 31.3 Å². The number of hydrogen-bond acceptors (Lipinski definition) is 1. The molecule has 1 heteroatoms. The van der Waals surface area contributed by atoms with Crippen molar-refractivity contribution in [3.8, 4) is 0 Å². The molecule has 0 aromatic heterocycles. The van der Waals surface area contributed by atoms with E-state index in [0.717, 1.165) is 0 Å². The van der Waals surface area contributed by atoms with Crippen LogP contribution in [-0.2, 0) is 0 Å². The molecule has 0 spiro atoms. The van der Waals surface area contributed by atoms with Crippen LogP contribution in [0.5, 0.6) is 0 Å². The van der Waals surface area contributed by atoms with Gasteiger partial charge in [0.1, 0.15) is 0 Å². The van der Waals surface area contributed by atoms with E-state index in [0.29, 0.717) is 6.04 Å². The quantitative estimate of drug-likeness (QED) is 0.674. The van der Waals surface area contributed by atoms with Crippen LogP contribution in [0.25, 0.3) is 0 Å². The van der Waals surface area contributed by atoms with Crippen molar-refractivity contribution in [3.05, 3.63) is 23.3 Å². The lowest BCUT2D eigenvalue weighted by atomic mass is 9.94. The summed E-state index contributed by atoms with van der Waals surface area (Å²) in [6.45, 7) is 4.33. The maximum atomic E-state index is 3.36. The van der Waals surface area contributed by atoms with Gasteiger partial charge in [0.05, 0.1) is 0 Å². The second-order valence-corrected chi connectivity index (χ2v) is 4.45. The molecule has 1 aliphatic rings. The predicted octanol–water partition coefficient (Wildman–Crippen LogP) is 3.43. The van der Waals surface area contributed by atoms with Crippen molar-refractivity contribution in [2.75, 3.05) is 7.05 Å².